The Labute approximate surface area is 100.0 Å². The van der Waals surface area contributed by atoms with Gasteiger partial charge in [0.2, 0.25) is 0 Å². The Morgan fingerprint density at radius 3 is 2.06 bits per heavy atom. The Balaban J connectivity index is 0. The number of likely N-dealkylation sites (N-methyl/N-ethyl adjacent to an activating group) is 1. The summed E-state index contributed by atoms with van der Waals surface area (Å²) < 4.78 is 0.975. The normalized spacial score (nSPS) is 13.6. The number of rotatable bonds is 6. The van der Waals surface area contributed by atoms with Crippen molar-refractivity contribution in [2.24, 2.45) is 0 Å². The van der Waals surface area contributed by atoms with Crippen molar-refractivity contribution in [3.8, 4) is 0 Å². The topological polar surface area (TPSA) is 50.2 Å². The number of allylic oxidation sites excluding steroid dienone is 2. The third-order valence-corrected chi connectivity index (χ3v) is 2.27. The maximum absolute atomic E-state index is 8.82. The van der Waals surface area contributed by atoms with E-state index in [1.807, 2.05) is 6.92 Å². The highest BCUT2D eigenvalue weighted by atomic mass is 16.3. The van der Waals surface area contributed by atoms with Gasteiger partial charge >= 0.3 is 0 Å². The molecule has 0 spiro atoms. The number of quaternary nitrogens is 1. The van der Waals surface area contributed by atoms with Crippen molar-refractivity contribution in [3.63, 3.8) is 0 Å². The van der Waals surface area contributed by atoms with Gasteiger partial charge in [-0.2, -0.15) is 0 Å². The van der Waals surface area contributed by atoms with E-state index in [2.05, 4.69) is 40.2 Å². The average Bonchev–Trinajstić information content (AvgIpc) is 2.13. The predicted molar refractivity (Wildman–Crippen MR) is 68.7 cm³/mol. The van der Waals surface area contributed by atoms with Crippen LogP contribution in [0.3, 0.4) is 0 Å². The molecule has 0 heterocycles. The summed E-state index contributed by atoms with van der Waals surface area (Å²) in [4.78, 5) is 0. The van der Waals surface area contributed by atoms with Crippen molar-refractivity contribution in [2.45, 2.75) is 26.7 Å². The van der Waals surface area contributed by atoms with E-state index in [9.17, 15) is 0 Å². The fourth-order valence-corrected chi connectivity index (χ4v) is 1.14. The molecular formula is C13H27NO2. The highest BCUT2D eigenvalue weighted by Crippen LogP contribution is 2.07. The lowest BCUT2D eigenvalue weighted by atomic mass is 10.1. The smallest absolute Gasteiger partial charge is 0.0970 e. The summed E-state index contributed by atoms with van der Waals surface area (Å²) in [7, 11) is 6.58. The van der Waals surface area contributed by atoms with E-state index in [1.54, 1.807) is 0 Å². The number of hydrogen-bond donors (Lipinski definition) is 1. The molecule has 0 bridgehead atoms. The van der Waals surface area contributed by atoms with Crippen LogP contribution in [0.25, 0.3) is 0 Å². The Morgan fingerprint density at radius 1 is 1.06 bits per heavy atom. The monoisotopic (exact) mass is 229 g/mol. The van der Waals surface area contributed by atoms with E-state index in [0.717, 1.165) is 29.4 Å². The molecule has 0 saturated heterocycles. The van der Waals surface area contributed by atoms with Gasteiger partial charge in [0.05, 0.1) is 34.3 Å². The van der Waals surface area contributed by atoms with E-state index >= 15 is 0 Å². The SMILES string of the molecule is CC(=CCCC(C)=CC[N+](C)(C)C)CO.[OH-]. The second-order valence-electron chi connectivity index (χ2n) is 5.27. The molecule has 0 aliphatic rings. The minimum atomic E-state index is 0. The molecule has 0 aliphatic carbocycles. The lowest BCUT2D eigenvalue weighted by molar-refractivity contribution is -0.864. The second-order valence-corrected chi connectivity index (χ2v) is 5.27. The minimum absolute atomic E-state index is 0. The Hall–Kier alpha value is -0.640. The first-order valence-corrected chi connectivity index (χ1v) is 5.58. The molecule has 0 radical (unpaired) electrons. The largest absolute Gasteiger partial charge is 0.870 e. The molecule has 0 atom stereocenters. The van der Waals surface area contributed by atoms with Crippen LogP contribution in [0.15, 0.2) is 23.3 Å². The minimum Gasteiger partial charge on any atom is -0.870 e. The Kier molecular flexibility index (Phi) is 9.43. The van der Waals surface area contributed by atoms with Crippen molar-refractivity contribution in [1.29, 1.82) is 0 Å². The molecule has 0 saturated carbocycles. The molecule has 3 heteroatoms. The summed E-state index contributed by atoms with van der Waals surface area (Å²) in [5.41, 5.74) is 2.50. The number of nitrogens with zero attached hydrogens (tertiary/aromatic N) is 1. The van der Waals surface area contributed by atoms with Crippen molar-refractivity contribution >= 4 is 0 Å². The van der Waals surface area contributed by atoms with E-state index in [0.29, 0.717) is 0 Å². The van der Waals surface area contributed by atoms with Gasteiger partial charge in [-0.05, 0) is 32.8 Å². The molecule has 16 heavy (non-hydrogen) atoms. The molecule has 3 nitrogen and oxygen atoms in total. The highest BCUT2D eigenvalue weighted by molar-refractivity contribution is 5.03. The number of aliphatic hydroxyl groups excluding tert-OH is 1. The molecule has 0 fully saturated rings. The summed E-state index contributed by atoms with van der Waals surface area (Å²) in [5, 5.41) is 8.82. The number of aliphatic hydroxyl groups is 1. The fraction of sp³-hybridized carbons (Fsp3) is 0.692. The zero-order chi connectivity index (χ0) is 11.9. The highest BCUT2D eigenvalue weighted by Gasteiger charge is 2.02. The van der Waals surface area contributed by atoms with E-state index in [-0.39, 0.29) is 12.1 Å². The van der Waals surface area contributed by atoms with Gasteiger partial charge in [0, 0.05) is 0 Å². The quantitative estimate of drug-likeness (QED) is 0.560. The van der Waals surface area contributed by atoms with Gasteiger partial charge in [0.15, 0.2) is 0 Å². The molecule has 0 aromatic carbocycles. The summed E-state index contributed by atoms with van der Waals surface area (Å²) >= 11 is 0. The van der Waals surface area contributed by atoms with Crippen LogP contribution in [-0.2, 0) is 0 Å². The third kappa shape index (κ3) is 11.4. The summed E-state index contributed by atoms with van der Waals surface area (Å²) in [6, 6.07) is 0. The van der Waals surface area contributed by atoms with Crippen molar-refractivity contribution in [3.05, 3.63) is 23.3 Å². The van der Waals surface area contributed by atoms with Crippen LogP contribution in [0, 0.1) is 0 Å². The maximum Gasteiger partial charge on any atom is 0.0970 e. The first-order valence-electron chi connectivity index (χ1n) is 5.58. The average molecular weight is 229 g/mol. The first-order chi connectivity index (χ1) is 6.85. The van der Waals surface area contributed by atoms with Crippen LogP contribution < -0.4 is 0 Å². The van der Waals surface area contributed by atoms with Crippen molar-refractivity contribution in [1.82, 2.24) is 0 Å². The van der Waals surface area contributed by atoms with Crippen LogP contribution in [0.2, 0.25) is 0 Å². The lowest BCUT2D eigenvalue weighted by Crippen LogP contribution is -2.34. The van der Waals surface area contributed by atoms with Crippen LogP contribution in [-0.4, -0.2) is 49.4 Å². The zero-order valence-corrected chi connectivity index (χ0v) is 11.3. The van der Waals surface area contributed by atoms with Crippen LogP contribution in [0.5, 0.6) is 0 Å². The van der Waals surface area contributed by atoms with Gasteiger partial charge in [-0.25, -0.2) is 0 Å². The first kappa shape index (κ1) is 17.7. The van der Waals surface area contributed by atoms with Gasteiger partial charge in [-0.1, -0.05) is 17.2 Å². The summed E-state index contributed by atoms with van der Waals surface area (Å²) in [5.74, 6) is 0. The van der Waals surface area contributed by atoms with Crippen LogP contribution in [0.1, 0.15) is 26.7 Å². The zero-order valence-electron chi connectivity index (χ0n) is 11.3. The Morgan fingerprint density at radius 2 is 1.62 bits per heavy atom. The summed E-state index contributed by atoms with van der Waals surface area (Å²) in [6.45, 7) is 5.40. The van der Waals surface area contributed by atoms with Crippen molar-refractivity contribution in [2.75, 3.05) is 34.3 Å². The fourth-order valence-electron chi connectivity index (χ4n) is 1.14. The maximum atomic E-state index is 8.82. The van der Waals surface area contributed by atoms with Gasteiger partial charge in [0.1, 0.15) is 0 Å². The molecule has 0 rings (SSSR count). The van der Waals surface area contributed by atoms with Gasteiger partial charge in [-0.15, -0.1) is 0 Å². The molecule has 0 amide bonds. The Bertz CT molecular complexity index is 237. The van der Waals surface area contributed by atoms with E-state index in [4.69, 9.17) is 5.11 Å². The molecule has 2 N–H and O–H groups in total. The molecule has 0 aromatic heterocycles. The molecule has 0 unspecified atom stereocenters. The van der Waals surface area contributed by atoms with Gasteiger partial charge in [-0.3, -0.25) is 0 Å². The van der Waals surface area contributed by atoms with Gasteiger partial charge in [0.25, 0.3) is 0 Å². The molecule has 0 aromatic rings. The molecular weight excluding hydrogens is 202 g/mol. The predicted octanol–water partition coefficient (Wildman–Crippen LogP) is 2.18. The van der Waals surface area contributed by atoms with Crippen LogP contribution >= 0.6 is 0 Å². The molecule has 96 valence electrons. The van der Waals surface area contributed by atoms with Gasteiger partial charge < -0.3 is 15.1 Å². The van der Waals surface area contributed by atoms with Crippen LogP contribution in [0.4, 0.5) is 0 Å². The van der Waals surface area contributed by atoms with Crippen molar-refractivity contribution < 1.29 is 15.1 Å². The summed E-state index contributed by atoms with van der Waals surface area (Å²) in [6.07, 6.45) is 6.55. The van der Waals surface area contributed by atoms with E-state index in [1.165, 1.54) is 5.57 Å². The standard InChI is InChI=1S/C13H26NO.H2O/c1-12(9-10-14(3,4)5)7-6-8-13(2)11-15;/h8-9,15H,6-7,10-11H2,1-5H3;1H2/q+1;/p-1. The number of hydrogen-bond acceptors (Lipinski definition) is 2. The second kappa shape index (κ2) is 8.50. The molecule has 0 aliphatic heterocycles. The van der Waals surface area contributed by atoms with E-state index < -0.39 is 0 Å². The third-order valence-electron chi connectivity index (χ3n) is 2.27. The lowest BCUT2D eigenvalue weighted by Gasteiger charge is -2.22.